The third kappa shape index (κ3) is 2.36. The Morgan fingerprint density at radius 2 is 2.07 bits per heavy atom. The van der Waals surface area contributed by atoms with Gasteiger partial charge in [-0.25, -0.2) is 9.37 Å². The molecule has 2 rings (SSSR count). The van der Waals surface area contributed by atoms with Gasteiger partial charge >= 0.3 is 0 Å². The molecule has 0 spiro atoms. The maximum atomic E-state index is 13.0. The molecule has 0 fully saturated rings. The van der Waals surface area contributed by atoms with E-state index in [1.807, 2.05) is 13.8 Å². The third-order valence-corrected chi connectivity index (χ3v) is 2.76. The molecule has 1 heterocycles. The molecule has 0 amide bonds. The van der Waals surface area contributed by atoms with E-state index in [1.54, 1.807) is 13.1 Å². The minimum atomic E-state index is -0.416. The first-order valence-corrected chi connectivity index (χ1v) is 5.55. The quantitative estimate of drug-likeness (QED) is 0.736. The molecule has 0 aliphatic rings. The molecule has 0 saturated heterocycles. The molecule has 0 bridgehead atoms. The number of rotatable bonds is 1. The number of thiazole rings is 1. The number of fused-ring (bicyclic) bond motifs is 1. The van der Waals surface area contributed by atoms with Gasteiger partial charge in [-0.05, 0) is 6.07 Å². The number of benzene rings is 1. The zero-order chi connectivity index (χ0) is 11.4. The minimum Gasteiger partial charge on any atom is -0.396 e. The SMILES string of the molecule is CC.CNc1nc2cc(F)c(N)cc2s1. The zero-order valence-corrected chi connectivity index (χ0v) is 9.78. The molecule has 0 atom stereocenters. The summed E-state index contributed by atoms with van der Waals surface area (Å²) in [5.41, 5.74) is 6.23. The monoisotopic (exact) mass is 227 g/mol. The van der Waals surface area contributed by atoms with E-state index in [9.17, 15) is 4.39 Å². The largest absolute Gasteiger partial charge is 0.396 e. The number of nitrogens with two attached hydrogens (primary N) is 1. The standard InChI is InChI=1S/C8H8FN3S.C2H6/c1-11-8-12-6-2-4(9)5(10)3-7(6)13-8;1-2/h2-3H,10H2,1H3,(H,11,12);1-2H3. The first-order valence-electron chi connectivity index (χ1n) is 4.74. The van der Waals surface area contributed by atoms with Crippen LogP contribution in [-0.2, 0) is 0 Å². The van der Waals surface area contributed by atoms with Crippen molar-refractivity contribution in [1.82, 2.24) is 4.98 Å². The van der Waals surface area contributed by atoms with Crippen LogP contribution in [0.3, 0.4) is 0 Å². The number of nitrogens with one attached hydrogen (secondary N) is 1. The minimum absolute atomic E-state index is 0.166. The Labute approximate surface area is 92.1 Å². The van der Waals surface area contributed by atoms with Gasteiger partial charge in [-0.2, -0.15) is 0 Å². The van der Waals surface area contributed by atoms with E-state index in [0.717, 1.165) is 9.83 Å². The number of halogens is 1. The maximum Gasteiger partial charge on any atom is 0.183 e. The van der Waals surface area contributed by atoms with Gasteiger partial charge in [0.1, 0.15) is 5.82 Å². The summed E-state index contributed by atoms with van der Waals surface area (Å²) in [5, 5.41) is 3.66. The van der Waals surface area contributed by atoms with Crippen molar-refractivity contribution in [2.45, 2.75) is 13.8 Å². The van der Waals surface area contributed by atoms with Crippen LogP contribution in [0.5, 0.6) is 0 Å². The van der Waals surface area contributed by atoms with E-state index >= 15 is 0 Å². The Morgan fingerprint density at radius 1 is 1.40 bits per heavy atom. The molecule has 0 aliphatic carbocycles. The van der Waals surface area contributed by atoms with E-state index in [1.165, 1.54) is 17.4 Å². The molecule has 3 nitrogen and oxygen atoms in total. The Kier molecular flexibility index (Phi) is 3.85. The molecule has 15 heavy (non-hydrogen) atoms. The van der Waals surface area contributed by atoms with Crippen molar-refractivity contribution in [2.75, 3.05) is 18.1 Å². The first-order chi connectivity index (χ1) is 7.20. The number of nitrogen functional groups attached to an aromatic ring is 1. The molecule has 5 heteroatoms. The van der Waals surface area contributed by atoms with Crippen LogP contribution in [0.25, 0.3) is 10.2 Å². The summed E-state index contributed by atoms with van der Waals surface area (Å²) in [6.45, 7) is 4.00. The Balaban J connectivity index is 0.000000531. The van der Waals surface area contributed by atoms with Crippen LogP contribution in [0.4, 0.5) is 15.2 Å². The molecule has 1 aromatic heterocycles. The molecule has 82 valence electrons. The van der Waals surface area contributed by atoms with Crippen molar-refractivity contribution in [1.29, 1.82) is 0 Å². The molecule has 2 aromatic rings. The normalized spacial score (nSPS) is 9.60. The van der Waals surface area contributed by atoms with Crippen molar-refractivity contribution in [3.63, 3.8) is 0 Å². The highest BCUT2D eigenvalue weighted by molar-refractivity contribution is 7.22. The highest BCUT2D eigenvalue weighted by atomic mass is 32.1. The van der Waals surface area contributed by atoms with Gasteiger partial charge in [-0.3, -0.25) is 0 Å². The summed E-state index contributed by atoms with van der Waals surface area (Å²) in [6, 6.07) is 2.95. The van der Waals surface area contributed by atoms with Crippen molar-refractivity contribution < 1.29 is 4.39 Å². The maximum absolute atomic E-state index is 13.0. The van der Waals surface area contributed by atoms with Gasteiger partial charge in [0.25, 0.3) is 0 Å². The van der Waals surface area contributed by atoms with Crippen LogP contribution in [0.15, 0.2) is 12.1 Å². The van der Waals surface area contributed by atoms with Crippen molar-refractivity contribution in [2.24, 2.45) is 0 Å². The van der Waals surface area contributed by atoms with Crippen molar-refractivity contribution in [3.8, 4) is 0 Å². The van der Waals surface area contributed by atoms with Crippen LogP contribution in [0.1, 0.15) is 13.8 Å². The Bertz CT molecular complexity index is 414. The smallest absolute Gasteiger partial charge is 0.183 e. The van der Waals surface area contributed by atoms with Crippen LogP contribution in [0.2, 0.25) is 0 Å². The molecule has 0 radical (unpaired) electrons. The molecular formula is C10H14FN3S. The molecule has 0 unspecified atom stereocenters. The third-order valence-electron chi connectivity index (χ3n) is 1.72. The summed E-state index contributed by atoms with van der Waals surface area (Å²) in [7, 11) is 1.78. The topological polar surface area (TPSA) is 50.9 Å². The van der Waals surface area contributed by atoms with Gasteiger partial charge in [0, 0.05) is 13.1 Å². The average Bonchev–Trinajstić information content (AvgIpc) is 2.64. The summed E-state index contributed by atoms with van der Waals surface area (Å²) < 4.78 is 13.9. The number of aromatic nitrogens is 1. The number of anilines is 2. The van der Waals surface area contributed by atoms with E-state index in [-0.39, 0.29) is 5.69 Å². The highest BCUT2D eigenvalue weighted by Gasteiger charge is 2.06. The van der Waals surface area contributed by atoms with Crippen LogP contribution in [-0.4, -0.2) is 12.0 Å². The fourth-order valence-electron chi connectivity index (χ4n) is 1.07. The summed E-state index contributed by atoms with van der Waals surface area (Å²) in [5.74, 6) is -0.416. The van der Waals surface area contributed by atoms with Gasteiger partial charge in [0.05, 0.1) is 15.9 Å². The molecule has 1 aromatic carbocycles. The van der Waals surface area contributed by atoms with Gasteiger partial charge < -0.3 is 11.1 Å². The lowest BCUT2D eigenvalue weighted by molar-refractivity contribution is 0.634. The second kappa shape index (κ2) is 4.93. The first kappa shape index (κ1) is 11.7. The van der Waals surface area contributed by atoms with Crippen LogP contribution < -0.4 is 11.1 Å². The molecule has 0 saturated carbocycles. The lowest BCUT2D eigenvalue weighted by Gasteiger charge is -1.93. The lowest BCUT2D eigenvalue weighted by atomic mass is 10.3. The average molecular weight is 227 g/mol. The number of nitrogens with zero attached hydrogens (tertiary/aromatic N) is 1. The van der Waals surface area contributed by atoms with E-state index in [4.69, 9.17) is 5.73 Å². The Morgan fingerprint density at radius 3 is 2.67 bits per heavy atom. The second-order valence-corrected chi connectivity index (χ2v) is 3.64. The number of hydrogen-bond donors (Lipinski definition) is 2. The lowest BCUT2D eigenvalue weighted by Crippen LogP contribution is -1.89. The fraction of sp³-hybridized carbons (Fsp3) is 0.300. The molecule has 0 aliphatic heterocycles. The van der Waals surface area contributed by atoms with E-state index in [0.29, 0.717) is 5.52 Å². The van der Waals surface area contributed by atoms with E-state index in [2.05, 4.69) is 10.3 Å². The predicted octanol–water partition coefficient (Wildman–Crippen LogP) is 3.09. The number of hydrogen-bond acceptors (Lipinski definition) is 4. The summed E-state index contributed by atoms with van der Waals surface area (Å²) >= 11 is 1.45. The van der Waals surface area contributed by atoms with Gasteiger partial charge in [-0.1, -0.05) is 25.2 Å². The summed E-state index contributed by atoms with van der Waals surface area (Å²) in [6.07, 6.45) is 0. The van der Waals surface area contributed by atoms with Gasteiger partial charge in [0.2, 0.25) is 0 Å². The zero-order valence-electron chi connectivity index (χ0n) is 8.97. The van der Waals surface area contributed by atoms with Gasteiger partial charge in [-0.15, -0.1) is 0 Å². The fourth-order valence-corrected chi connectivity index (χ4v) is 1.92. The van der Waals surface area contributed by atoms with Crippen molar-refractivity contribution in [3.05, 3.63) is 17.9 Å². The van der Waals surface area contributed by atoms with Gasteiger partial charge in [0.15, 0.2) is 5.13 Å². The highest BCUT2D eigenvalue weighted by Crippen LogP contribution is 2.28. The predicted molar refractivity (Wildman–Crippen MR) is 64.9 cm³/mol. The second-order valence-electron chi connectivity index (χ2n) is 2.61. The van der Waals surface area contributed by atoms with Crippen LogP contribution >= 0.6 is 11.3 Å². The molecular weight excluding hydrogens is 213 g/mol. The van der Waals surface area contributed by atoms with E-state index < -0.39 is 5.82 Å². The van der Waals surface area contributed by atoms with Crippen LogP contribution in [0, 0.1) is 5.82 Å². The summed E-state index contributed by atoms with van der Waals surface area (Å²) in [4.78, 5) is 4.14. The Hall–Kier alpha value is -1.36. The van der Waals surface area contributed by atoms with Crippen molar-refractivity contribution >= 4 is 32.4 Å². The molecule has 3 N–H and O–H groups in total.